The fourth-order valence-electron chi connectivity index (χ4n) is 9.38. The minimum atomic E-state index is -1.22. The van der Waals surface area contributed by atoms with Crippen LogP contribution in [0.2, 0.25) is 30.1 Å². The zero-order chi connectivity index (χ0) is 65.6. The summed E-state index contributed by atoms with van der Waals surface area (Å²) in [4.78, 5) is 98.2. The fourth-order valence-corrected chi connectivity index (χ4v) is 11.3. The number of benzene rings is 3. The molecule has 3 amide bonds. The van der Waals surface area contributed by atoms with E-state index in [4.69, 9.17) is 91.6 Å². The Morgan fingerprint density at radius 2 is 0.862 bits per heavy atom. The van der Waals surface area contributed by atoms with Crippen molar-refractivity contribution in [3.8, 4) is 12.4 Å². The first-order chi connectivity index (χ1) is 42.7. The largest absolute Gasteiger partial charge is 1.00 e. The average Bonchev–Trinajstić information content (AvgIpc) is 1.57. The van der Waals surface area contributed by atoms with Crippen molar-refractivity contribution in [2.24, 2.45) is 0 Å². The van der Waals surface area contributed by atoms with Crippen molar-refractivity contribution in [2.75, 3.05) is 21.7 Å². The van der Waals surface area contributed by atoms with E-state index in [1.807, 2.05) is 0 Å². The van der Waals surface area contributed by atoms with Crippen LogP contribution in [0.3, 0.4) is 0 Å². The molecule has 482 valence electrons. The van der Waals surface area contributed by atoms with Gasteiger partial charge in [0.05, 0.1) is 19.5 Å². The molecule has 0 bridgehead atoms. The minimum absolute atomic E-state index is 0. The van der Waals surface area contributed by atoms with Gasteiger partial charge in [-0.3, -0.25) is 47.8 Å². The molecule has 6 aromatic heterocycles. The molecular formula is C59H51BrCl6F2N19NaO6. The van der Waals surface area contributed by atoms with Gasteiger partial charge >= 0.3 is 29.6 Å². The molecule has 9 N–H and O–H groups in total. The van der Waals surface area contributed by atoms with Crippen LogP contribution in [0.1, 0.15) is 91.2 Å². The maximum absolute atomic E-state index is 13.4. The SMILES string of the molecule is C.C.C.CC1(c2cccc(Cl)c2)NC(=O)c2c(Cl)cc(Br)c(=O)n21.CC1(c2cccc(Cl)c2)NC(=O)c2c(Cl)cc(Nc3cc(F)ncn3)c(=O)n21.CC1(c2cccc(Cl)c2)NC(=O)c2c(Cl)cc(Nc3cc(NC#N)ncn3)c(=O)n21.N#C[NH-].Nc1cc(F)ncn1.[Na+]. The van der Waals surface area contributed by atoms with Gasteiger partial charge in [0.25, 0.3) is 34.4 Å². The predicted octanol–water partition coefficient (Wildman–Crippen LogP) is 9.35. The summed E-state index contributed by atoms with van der Waals surface area (Å²) >= 11 is 40.2. The quantitative estimate of drug-likeness (QED) is 0.0322. The third kappa shape index (κ3) is 16.4. The van der Waals surface area contributed by atoms with Crippen LogP contribution in [-0.2, 0) is 17.0 Å². The molecule has 9 aromatic rings. The van der Waals surface area contributed by atoms with Crippen molar-refractivity contribution in [1.29, 1.82) is 10.5 Å². The summed E-state index contributed by atoms with van der Waals surface area (Å²) in [7, 11) is 0. The number of halogens is 9. The Balaban J connectivity index is 0.000000275. The van der Waals surface area contributed by atoms with Crippen LogP contribution >= 0.6 is 85.5 Å². The third-order valence-corrected chi connectivity index (χ3v) is 15.4. The normalized spacial score (nSPS) is 16.2. The Hall–Kier alpha value is -8.78. The van der Waals surface area contributed by atoms with Crippen LogP contribution in [-0.4, -0.2) is 61.3 Å². The van der Waals surface area contributed by atoms with Gasteiger partial charge in [0, 0.05) is 33.3 Å². The van der Waals surface area contributed by atoms with Crippen LogP contribution in [0.15, 0.2) is 147 Å². The van der Waals surface area contributed by atoms with Crippen LogP contribution < -0.4 is 83.9 Å². The summed E-state index contributed by atoms with van der Waals surface area (Å²) in [6, 6.07) is 28.3. The minimum Gasteiger partial charge on any atom is -0.494 e. The second-order valence-corrected chi connectivity index (χ2v) is 22.5. The standard InChI is InChI=1S/C19H13Cl2N7O2.C18H12Cl2FN5O2.C14H9BrCl2N2O2.C4H4FN3.CHN2.3CH4.Na/c1-19(10-3-2-4-11(20)5-10)27-17(29)16-12(21)6-13(18(30)28(16)19)26-15-7-14(23-8-22)24-9-25-15;1-18(9-3-2-4-10(19)5-9)25-16(27)15-11(20)6-12(17(28)26(15)18)24-14-7-13(21)22-8-23-14;1-14(7-3-2-4-8(16)5-7)18-12(20)11-10(17)6-9(15)13(21)19(11)14;5-3-1-4(6)8-2-7-3;2-1-3;;;;/h2-7,9H,1H3,(H,27,29)(H2,23,24,25,26);2-8H,1H3,(H,25,27)(H,22,23,24);2-6H,1H3,(H,18,20);1-2H,(H2,6,7,8);2H;3*1H4;/q;;;;-1;;;;+1. The molecule has 35 heteroatoms. The number of amides is 3. The van der Waals surface area contributed by atoms with Gasteiger partial charge in [0.2, 0.25) is 11.9 Å². The topological polar surface area (TPSA) is 364 Å². The van der Waals surface area contributed by atoms with Crippen molar-refractivity contribution in [1.82, 2.24) is 59.6 Å². The third-order valence-electron chi connectivity index (χ3n) is 13.3. The van der Waals surface area contributed by atoms with Crippen molar-refractivity contribution in [3.63, 3.8) is 0 Å². The van der Waals surface area contributed by atoms with Gasteiger partial charge in [-0.25, -0.2) is 29.9 Å². The molecule has 3 atom stereocenters. The van der Waals surface area contributed by atoms with Crippen LogP contribution in [0.25, 0.3) is 5.73 Å². The van der Waals surface area contributed by atoms with Gasteiger partial charge in [0.15, 0.2) is 6.19 Å². The Bertz CT molecular complexity index is 4640. The number of nitrogens with zero attached hydrogens (tertiary/aromatic N) is 11. The van der Waals surface area contributed by atoms with Crippen molar-refractivity contribution in [3.05, 3.63) is 245 Å². The van der Waals surface area contributed by atoms with Crippen LogP contribution in [0.4, 0.5) is 43.4 Å². The molecule has 25 nitrogen and oxygen atoms in total. The summed E-state index contributed by atoms with van der Waals surface area (Å²) in [5.41, 5.74) is 7.98. The van der Waals surface area contributed by atoms with Crippen LogP contribution in [0, 0.1) is 34.8 Å². The maximum Gasteiger partial charge on any atom is 1.00 e. The molecule has 0 saturated heterocycles. The fraction of sp³-hybridized carbons (Fsp3) is 0.153. The molecule has 94 heavy (non-hydrogen) atoms. The van der Waals surface area contributed by atoms with E-state index in [1.54, 1.807) is 99.8 Å². The van der Waals surface area contributed by atoms with E-state index >= 15 is 0 Å². The number of nitrogens with two attached hydrogens (primary N) is 1. The van der Waals surface area contributed by atoms with E-state index in [0.717, 1.165) is 31.0 Å². The first-order valence-electron chi connectivity index (χ1n) is 25.2. The number of nitrogens with one attached hydrogen (secondary N) is 7. The second kappa shape index (κ2) is 32.4. The summed E-state index contributed by atoms with van der Waals surface area (Å²) in [5, 5.41) is 33.9. The molecule has 12 rings (SSSR count). The molecule has 3 aromatic carbocycles. The molecule has 9 heterocycles. The average molecular weight is 1480 g/mol. The summed E-state index contributed by atoms with van der Waals surface area (Å²) in [5.74, 6) is -1.99. The van der Waals surface area contributed by atoms with Gasteiger partial charge in [-0.2, -0.15) is 14.0 Å². The number of nitrogen functional groups attached to an aromatic ring is 1. The van der Waals surface area contributed by atoms with E-state index in [0.29, 0.717) is 36.2 Å². The first kappa shape index (κ1) is 77.7. The number of hydrogen-bond donors (Lipinski definition) is 7. The van der Waals surface area contributed by atoms with E-state index in [-0.39, 0.29) is 124 Å². The number of fused-ring (bicyclic) bond motifs is 3. The molecular weight excluding hydrogens is 1420 g/mol. The molecule has 3 aliphatic heterocycles. The maximum atomic E-state index is 13.4. The predicted molar refractivity (Wildman–Crippen MR) is 356 cm³/mol. The zero-order valence-electron chi connectivity index (χ0n) is 47.0. The zero-order valence-corrected chi connectivity index (χ0v) is 55.1. The van der Waals surface area contributed by atoms with Gasteiger partial charge in [-0.15, -0.1) is 0 Å². The summed E-state index contributed by atoms with van der Waals surface area (Å²) in [6.45, 7) is 5.09. The van der Waals surface area contributed by atoms with E-state index in [9.17, 15) is 37.5 Å². The van der Waals surface area contributed by atoms with Gasteiger partial charge in [-0.1, -0.05) is 134 Å². The summed E-state index contributed by atoms with van der Waals surface area (Å²) in [6.07, 6.45) is 6.08. The molecule has 0 fully saturated rings. The Kier molecular flexibility index (Phi) is 26.8. The molecule has 0 aliphatic carbocycles. The number of hydrogen-bond acceptors (Lipinski definition) is 18. The molecule has 3 aliphatic rings. The number of rotatable bonds is 8. The number of carbonyl (C=O) groups is 3. The monoisotopic (exact) mass is 1470 g/mol. The van der Waals surface area contributed by atoms with Crippen molar-refractivity contribution < 1.29 is 52.7 Å². The molecule has 0 saturated carbocycles. The van der Waals surface area contributed by atoms with E-state index in [2.05, 4.69) is 77.7 Å². The Morgan fingerprint density at radius 3 is 1.21 bits per heavy atom. The van der Waals surface area contributed by atoms with Gasteiger partial charge in [0.1, 0.15) is 87.7 Å². The van der Waals surface area contributed by atoms with E-state index < -0.39 is 57.7 Å². The molecule has 0 radical (unpaired) electrons. The van der Waals surface area contributed by atoms with Gasteiger partial charge < -0.3 is 43.3 Å². The first-order valence-corrected chi connectivity index (χ1v) is 28.3. The molecule has 0 spiro atoms. The number of nitriles is 2. The smallest absolute Gasteiger partial charge is 0.494 e. The number of anilines is 6. The van der Waals surface area contributed by atoms with E-state index in [1.165, 1.54) is 44.3 Å². The number of carbonyl (C=O) groups excluding carboxylic acids is 3. The Labute approximate surface area is 595 Å². The van der Waals surface area contributed by atoms with Gasteiger partial charge in [-0.05, 0) is 108 Å². The van der Waals surface area contributed by atoms with Crippen molar-refractivity contribution >= 4 is 138 Å². The number of pyridine rings is 3. The second-order valence-electron chi connectivity index (χ2n) is 19.1. The molecule has 3 unspecified atom stereocenters. The van der Waals surface area contributed by atoms with Crippen LogP contribution in [0.5, 0.6) is 0 Å². The Morgan fingerprint density at radius 1 is 0.521 bits per heavy atom. The number of aromatic nitrogens is 9. The summed E-state index contributed by atoms with van der Waals surface area (Å²) < 4.78 is 29.5. The van der Waals surface area contributed by atoms with Crippen molar-refractivity contribution in [2.45, 2.75) is 60.0 Å².